The third-order valence-corrected chi connectivity index (χ3v) is 3.68. The summed E-state index contributed by atoms with van der Waals surface area (Å²) in [6.45, 7) is 3.95. The maximum atomic E-state index is 12.1. The van der Waals surface area contributed by atoms with E-state index in [0.29, 0.717) is 13.2 Å². The Kier molecular flexibility index (Phi) is 4.36. The Hall–Kier alpha value is -0.650. The number of likely N-dealkylation sites (N-methyl/N-ethyl adjacent to an activating group) is 1. The third kappa shape index (κ3) is 2.97. The fourth-order valence-electron chi connectivity index (χ4n) is 2.52. The molecule has 2 saturated heterocycles. The number of hydrogen-bond donors (Lipinski definition) is 2. The van der Waals surface area contributed by atoms with E-state index in [1.54, 1.807) is 0 Å². The van der Waals surface area contributed by atoms with Crippen LogP contribution in [0, 0.1) is 5.92 Å². The maximum absolute atomic E-state index is 12.1. The molecule has 0 aliphatic carbocycles. The van der Waals surface area contributed by atoms with Gasteiger partial charge in [0.2, 0.25) is 5.91 Å². The summed E-state index contributed by atoms with van der Waals surface area (Å²) in [5.41, 5.74) is 0. The first-order valence-corrected chi connectivity index (χ1v) is 6.39. The van der Waals surface area contributed by atoms with Gasteiger partial charge in [0.25, 0.3) is 0 Å². The van der Waals surface area contributed by atoms with Crippen LogP contribution in [0.1, 0.15) is 19.8 Å². The zero-order valence-corrected chi connectivity index (χ0v) is 10.6. The molecule has 0 aromatic carbocycles. The molecule has 98 valence electrons. The minimum absolute atomic E-state index is 0.0739. The zero-order chi connectivity index (χ0) is 12.3. The molecule has 0 aromatic heterocycles. The van der Waals surface area contributed by atoms with Gasteiger partial charge in [0.05, 0.1) is 31.3 Å². The highest BCUT2D eigenvalue weighted by Gasteiger charge is 2.34. The number of ether oxygens (including phenoxy) is 2. The van der Waals surface area contributed by atoms with Gasteiger partial charge >= 0.3 is 0 Å². The van der Waals surface area contributed by atoms with Crippen molar-refractivity contribution in [3.63, 3.8) is 0 Å². The van der Waals surface area contributed by atoms with Crippen LogP contribution in [0.5, 0.6) is 0 Å². The monoisotopic (exact) mass is 242 g/mol. The van der Waals surface area contributed by atoms with E-state index in [-0.39, 0.29) is 30.0 Å². The predicted octanol–water partition coefficient (Wildman–Crippen LogP) is -0.0955. The fraction of sp³-hybridized carbons (Fsp3) is 0.917. The minimum atomic E-state index is -0.0798. The lowest BCUT2D eigenvalue weighted by Crippen LogP contribution is -2.48. The standard InChI is InChI=1S/C12H22N2O3/c1-8(11-4-3-5-17-11)14-12(15)9-6-16-7-10(9)13-2/h8-11,13H,3-7H2,1-2H3,(H,14,15). The molecule has 4 unspecified atom stereocenters. The molecule has 17 heavy (non-hydrogen) atoms. The number of carbonyl (C=O) groups is 1. The molecule has 0 aromatic rings. The maximum Gasteiger partial charge on any atom is 0.227 e. The van der Waals surface area contributed by atoms with Gasteiger partial charge in [-0.15, -0.1) is 0 Å². The third-order valence-electron chi connectivity index (χ3n) is 3.68. The van der Waals surface area contributed by atoms with Gasteiger partial charge in [-0.05, 0) is 26.8 Å². The Bertz CT molecular complexity index is 266. The molecule has 4 atom stereocenters. The van der Waals surface area contributed by atoms with Crippen LogP contribution in [0.15, 0.2) is 0 Å². The molecule has 2 N–H and O–H groups in total. The zero-order valence-electron chi connectivity index (χ0n) is 10.6. The van der Waals surface area contributed by atoms with Crippen molar-refractivity contribution in [2.24, 2.45) is 5.92 Å². The summed E-state index contributed by atoms with van der Waals surface area (Å²) in [4.78, 5) is 12.1. The molecule has 2 fully saturated rings. The van der Waals surface area contributed by atoms with Crippen molar-refractivity contribution in [3.05, 3.63) is 0 Å². The van der Waals surface area contributed by atoms with Gasteiger partial charge in [-0.1, -0.05) is 0 Å². The Morgan fingerprint density at radius 2 is 2.24 bits per heavy atom. The van der Waals surface area contributed by atoms with Crippen LogP contribution in [0.4, 0.5) is 0 Å². The van der Waals surface area contributed by atoms with E-state index in [1.165, 1.54) is 0 Å². The van der Waals surface area contributed by atoms with E-state index in [2.05, 4.69) is 10.6 Å². The normalized spacial score (nSPS) is 34.8. The van der Waals surface area contributed by atoms with E-state index in [9.17, 15) is 4.79 Å². The highest BCUT2D eigenvalue weighted by Crippen LogP contribution is 2.17. The number of rotatable bonds is 4. The summed E-state index contributed by atoms with van der Waals surface area (Å²) in [5, 5.41) is 6.16. The van der Waals surface area contributed by atoms with Gasteiger partial charge < -0.3 is 20.1 Å². The van der Waals surface area contributed by atoms with Gasteiger partial charge in [-0.2, -0.15) is 0 Å². The Balaban J connectivity index is 1.83. The van der Waals surface area contributed by atoms with E-state index in [4.69, 9.17) is 9.47 Å². The minimum Gasteiger partial charge on any atom is -0.379 e. The summed E-state index contributed by atoms with van der Waals surface area (Å²) in [6, 6.07) is 0.217. The van der Waals surface area contributed by atoms with E-state index >= 15 is 0 Å². The molecule has 0 spiro atoms. The molecule has 5 nitrogen and oxygen atoms in total. The number of hydrogen-bond acceptors (Lipinski definition) is 4. The first kappa shape index (κ1) is 12.8. The van der Waals surface area contributed by atoms with Crippen LogP contribution >= 0.6 is 0 Å². The van der Waals surface area contributed by atoms with Crippen LogP contribution in [-0.4, -0.2) is 51.0 Å². The van der Waals surface area contributed by atoms with Crippen molar-refractivity contribution < 1.29 is 14.3 Å². The molecule has 1 amide bonds. The van der Waals surface area contributed by atoms with Crippen molar-refractivity contribution in [2.75, 3.05) is 26.9 Å². The van der Waals surface area contributed by atoms with Crippen LogP contribution < -0.4 is 10.6 Å². The second kappa shape index (κ2) is 5.80. The highest BCUT2D eigenvalue weighted by atomic mass is 16.5. The van der Waals surface area contributed by atoms with E-state index in [0.717, 1.165) is 19.4 Å². The summed E-state index contributed by atoms with van der Waals surface area (Å²) >= 11 is 0. The topological polar surface area (TPSA) is 59.6 Å². The molecule has 2 aliphatic rings. The van der Waals surface area contributed by atoms with E-state index in [1.807, 2.05) is 14.0 Å². The molecule has 2 heterocycles. The van der Waals surface area contributed by atoms with Gasteiger partial charge in [0.1, 0.15) is 0 Å². The van der Waals surface area contributed by atoms with Crippen molar-refractivity contribution in [1.82, 2.24) is 10.6 Å². The van der Waals surface area contributed by atoms with Crippen LogP contribution in [0.3, 0.4) is 0 Å². The van der Waals surface area contributed by atoms with Crippen molar-refractivity contribution in [1.29, 1.82) is 0 Å². The van der Waals surface area contributed by atoms with Gasteiger partial charge in [-0.25, -0.2) is 0 Å². The second-order valence-electron chi connectivity index (χ2n) is 4.89. The molecular formula is C12H22N2O3. The number of carbonyl (C=O) groups excluding carboxylic acids is 1. The lowest BCUT2D eigenvalue weighted by Gasteiger charge is -2.23. The highest BCUT2D eigenvalue weighted by molar-refractivity contribution is 5.80. The molecule has 5 heteroatoms. The van der Waals surface area contributed by atoms with Crippen LogP contribution in [0.25, 0.3) is 0 Å². The van der Waals surface area contributed by atoms with Crippen molar-refractivity contribution >= 4 is 5.91 Å². The van der Waals surface area contributed by atoms with Crippen LogP contribution in [-0.2, 0) is 14.3 Å². The summed E-state index contributed by atoms with van der Waals surface area (Å²) in [6.07, 6.45) is 2.31. The number of amides is 1. The summed E-state index contributed by atoms with van der Waals surface area (Å²) in [5.74, 6) is -0.00583. The van der Waals surface area contributed by atoms with Crippen LogP contribution in [0.2, 0.25) is 0 Å². The molecule has 0 saturated carbocycles. The van der Waals surface area contributed by atoms with Crippen molar-refractivity contribution in [2.45, 2.75) is 38.0 Å². The SMILES string of the molecule is CNC1COCC1C(=O)NC(C)C1CCCO1. The van der Waals surface area contributed by atoms with Gasteiger partial charge in [-0.3, -0.25) is 4.79 Å². The molecular weight excluding hydrogens is 220 g/mol. The van der Waals surface area contributed by atoms with Gasteiger partial charge in [0, 0.05) is 12.6 Å². The Labute approximate surface area is 102 Å². The summed E-state index contributed by atoms with van der Waals surface area (Å²) in [7, 11) is 1.86. The fourth-order valence-corrected chi connectivity index (χ4v) is 2.52. The first-order valence-electron chi connectivity index (χ1n) is 6.39. The predicted molar refractivity (Wildman–Crippen MR) is 63.7 cm³/mol. The number of nitrogens with one attached hydrogen (secondary N) is 2. The average Bonchev–Trinajstić information content (AvgIpc) is 2.99. The van der Waals surface area contributed by atoms with E-state index < -0.39 is 0 Å². The quantitative estimate of drug-likeness (QED) is 0.723. The second-order valence-corrected chi connectivity index (χ2v) is 4.89. The Morgan fingerprint density at radius 1 is 1.41 bits per heavy atom. The lowest BCUT2D eigenvalue weighted by atomic mass is 10.0. The largest absolute Gasteiger partial charge is 0.379 e. The lowest BCUT2D eigenvalue weighted by molar-refractivity contribution is -0.126. The molecule has 2 rings (SSSR count). The molecule has 0 radical (unpaired) electrons. The average molecular weight is 242 g/mol. The van der Waals surface area contributed by atoms with Gasteiger partial charge in [0.15, 0.2) is 0 Å². The Morgan fingerprint density at radius 3 is 2.88 bits per heavy atom. The molecule has 0 bridgehead atoms. The first-order chi connectivity index (χ1) is 8.22. The summed E-state index contributed by atoms with van der Waals surface area (Å²) < 4.78 is 10.9. The molecule has 2 aliphatic heterocycles. The van der Waals surface area contributed by atoms with Crippen molar-refractivity contribution in [3.8, 4) is 0 Å². The smallest absolute Gasteiger partial charge is 0.227 e.